The molecule has 17 heavy (non-hydrogen) atoms. The minimum Gasteiger partial charge on any atom is -0.383 e. The molecule has 2 rings (SSSR count). The Hall–Kier alpha value is -1.88. The first kappa shape index (κ1) is 11.6. The van der Waals surface area contributed by atoms with Gasteiger partial charge in [-0.05, 0) is 31.2 Å². The molecule has 0 radical (unpaired) electrons. The van der Waals surface area contributed by atoms with Crippen LogP contribution in [0, 0.1) is 0 Å². The van der Waals surface area contributed by atoms with Crippen LogP contribution in [0.1, 0.15) is 6.92 Å². The van der Waals surface area contributed by atoms with Crippen molar-refractivity contribution in [1.29, 1.82) is 0 Å². The first-order chi connectivity index (χ1) is 8.29. The first-order valence-electron chi connectivity index (χ1n) is 5.52. The Morgan fingerprint density at radius 3 is 2.71 bits per heavy atom. The van der Waals surface area contributed by atoms with E-state index in [1.54, 1.807) is 18.0 Å². The molecule has 1 heterocycles. The van der Waals surface area contributed by atoms with Crippen LogP contribution in [0.5, 0.6) is 0 Å². The lowest BCUT2D eigenvalue weighted by Crippen LogP contribution is -2.20. The number of aromatic nitrogens is 3. The van der Waals surface area contributed by atoms with E-state index in [2.05, 4.69) is 22.6 Å². The predicted molar refractivity (Wildman–Crippen MR) is 66.3 cm³/mol. The van der Waals surface area contributed by atoms with Gasteiger partial charge in [0.25, 0.3) is 0 Å². The lowest BCUT2D eigenvalue weighted by atomic mass is 10.2. The standard InChI is InChI=1S/C12H16N4O/c1-10(9-17-2)14-11-3-5-12(6-4-11)16-8-7-13-15-16/h3-8,10,14H,9H2,1-2H3. The van der Waals surface area contributed by atoms with Crippen LogP contribution in [0.4, 0.5) is 5.69 Å². The molecule has 1 N–H and O–H groups in total. The van der Waals surface area contributed by atoms with Crippen molar-refractivity contribution in [2.75, 3.05) is 19.0 Å². The summed E-state index contributed by atoms with van der Waals surface area (Å²) in [5.41, 5.74) is 2.06. The van der Waals surface area contributed by atoms with Gasteiger partial charge < -0.3 is 10.1 Å². The molecule has 0 bridgehead atoms. The third-order valence-electron chi connectivity index (χ3n) is 2.38. The van der Waals surface area contributed by atoms with Gasteiger partial charge >= 0.3 is 0 Å². The summed E-state index contributed by atoms with van der Waals surface area (Å²) in [5, 5.41) is 11.1. The summed E-state index contributed by atoms with van der Waals surface area (Å²) in [7, 11) is 1.70. The largest absolute Gasteiger partial charge is 0.383 e. The summed E-state index contributed by atoms with van der Waals surface area (Å²) in [6.07, 6.45) is 3.48. The highest BCUT2D eigenvalue weighted by atomic mass is 16.5. The number of benzene rings is 1. The molecule has 0 saturated heterocycles. The maximum atomic E-state index is 5.07. The fourth-order valence-corrected chi connectivity index (χ4v) is 1.63. The fourth-order valence-electron chi connectivity index (χ4n) is 1.63. The van der Waals surface area contributed by atoms with Gasteiger partial charge in [0, 0.05) is 18.8 Å². The van der Waals surface area contributed by atoms with Crippen molar-refractivity contribution in [3.63, 3.8) is 0 Å². The average molecular weight is 232 g/mol. The second-order valence-electron chi connectivity index (χ2n) is 3.90. The Morgan fingerprint density at radius 1 is 1.35 bits per heavy atom. The van der Waals surface area contributed by atoms with Gasteiger partial charge in [0.2, 0.25) is 0 Å². The Labute approximate surface area is 100 Å². The zero-order valence-corrected chi connectivity index (χ0v) is 10.00. The number of methoxy groups -OCH3 is 1. The minimum absolute atomic E-state index is 0.289. The van der Waals surface area contributed by atoms with Crippen molar-refractivity contribution in [2.45, 2.75) is 13.0 Å². The molecule has 0 saturated carbocycles. The highest BCUT2D eigenvalue weighted by Crippen LogP contribution is 2.13. The van der Waals surface area contributed by atoms with Gasteiger partial charge in [-0.15, -0.1) is 5.10 Å². The molecule has 0 spiro atoms. The molecule has 5 heteroatoms. The molecule has 0 aliphatic carbocycles. The molecular formula is C12H16N4O. The van der Waals surface area contributed by atoms with Crippen LogP contribution in [0.2, 0.25) is 0 Å². The fraction of sp³-hybridized carbons (Fsp3) is 0.333. The summed E-state index contributed by atoms with van der Waals surface area (Å²) in [5.74, 6) is 0. The quantitative estimate of drug-likeness (QED) is 0.852. The zero-order valence-electron chi connectivity index (χ0n) is 10.00. The van der Waals surface area contributed by atoms with Crippen molar-refractivity contribution in [2.24, 2.45) is 0 Å². The van der Waals surface area contributed by atoms with E-state index in [0.717, 1.165) is 11.4 Å². The third kappa shape index (κ3) is 3.04. The molecule has 1 unspecified atom stereocenters. The summed E-state index contributed by atoms with van der Waals surface area (Å²) in [6, 6.07) is 8.32. The van der Waals surface area contributed by atoms with Crippen LogP contribution in [-0.4, -0.2) is 34.8 Å². The number of anilines is 1. The molecule has 1 aromatic carbocycles. The number of hydrogen-bond donors (Lipinski definition) is 1. The number of nitrogens with one attached hydrogen (secondary N) is 1. The van der Waals surface area contributed by atoms with Crippen LogP contribution in [-0.2, 0) is 4.74 Å². The summed E-state index contributed by atoms with van der Waals surface area (Å²) < 4.78 is 6.80. The first-order valence-corrected chi connectivity index (χ1v) is 5.52. The molecule has 1 aromatic heterocycles. The SMILES string of the molecule is COCC(C)Nc1ccc(-n2ccnn2)cc1. The predicted octanol–water partition coefficient (Wildman–Crippen LogP) is 1.71. The van der Waals surface area contributed by atoms with E-state index in [1.165, 1.54) is 0 Å². The van der Waals surface area contributed by atoms with E-state index in [1.807, 2.05) is 30.5 Å². The van der Waals surface area contributed by atoms with E-state index in [-0.39, 0.29) is 6.04 Å². The van der Waals surface area contributed by atoms with Gasteiger partial charge in [-0.1, -0.05) is 5.21 Å². The van der Waals surface area contributed by atoms with E-state index in [9.17, 15) is 0 Å². The Kier molecular flexibility index (Phi) is 3.72. The molecule has 0 fully saturated rings. The lowest BCUT2D eigenvalue weighted by molar-refractivity contribution is 0.190. The highest BCUT2D eigenvalue weighted by molar-refractivity contribution is 5.48. The Morgan fingerprint density at radius 2 is 2.12 bits per heavy atom. The topological polar surface area (TPSA) is 52.0 Å². The summed E-state index contributed by atoms with van der Waals surface area (Å²) in [4.78, 5) is 0. The van der Waals surface area contributed by atoms with Crippen molar-refractivity contribution in [3.8, 4) is 5.69 Å². The monoisotopic (exact) mass is 232 g/mol. The number of nitrogens with zero attached hydrogens (tertiary/aromatic N) is 3. The lowest BCUT2D eigenvalue weighted by Gasteiger charge is -2.14. The number of hydrogen-bond acceptors (Lipinski definition) is 4. The van der Waals surface area contributed by atoms with E-state index >= 15 is 0 Å². The van der Waals surface area contributed by atoms with Crippen molar-refractivity contribution >= 4 is 5.69 Å². The maximum Gasteiger partial charge on any atom is 0.0697 e. The van der Waals surface area contributed by atoms with Gasteiger partial charge in [0.15, 0.2) is 0 Å². The van der Waals surface area contributed by atoms with Crippen molar-refractivity contribution < 1.29 is 4.74 Å². The van der Waals surface area contributed by atoms with Gasteiger partial charge in [0.05, 0.1) is 24.7 Å². The van der Waals surface area contributed by atoms with E-state index < -0.39 is 0 Å². The van der Waals surface area contributed by atoms with E-state index in [4.69, 9.17) is 4.74 Å². The second kappa shape index (κ2) is 5.45. The molecule has 5 nitrogen and oxygen atoms in total. The summed E-state index contributed by atoms with van der Waals surface area (Å²) in [6.45, 7) is 2.76. The average Bonchev–Trinajstić information content (AvgIpc) is 2.84. The van der Waals surface area contributed by atoms with E-state index in [0.29, 0.717) is 6.61 Å². The molecule has 90 valence electrons. The normalized spacial score (nSPS) is 12.4. The Balaban J connectivity index is 2.03. The smallest absolute Gasteiger partial charge is 0.0697 e. The molecule has 0 aliphatic heterocycles. The summed E-state index contributed by atoms with van der Waals surface area (Å²) >= 11 is 0. The van der Waals surface area contributed by atoms with Crippen molar-refractivity contribution in [3.05, 3.63) is 36.7 Å². The van der Waals surface area contributed by atoms with Crippen LogP contribution >= 0.6 is 0 Å². The van der Waals surface area contributed by atoms with Crippen LogP contribution in [0.25, 0.3) is 5.69 Å². The highest BCUT2D eigenvalue weighted by Gasteiger charge is 2.01. The van der Waals surface area contributed by atoms with Crippen LogP contribution in [0.15, 0.2) is 36.7 Å². The van der Waals surface area contributed by atoms with Crippen LogP contribution in [0.3, 0.4) is 0 Å². The van der Waals surface area contributed by atoms with Gasteiger partial charge in [0.1, 0.15) is 0 Å². The number of ether oxygens (including phenoxy) is 1. The van der Waals surface area contributed by atoms with Gasteiger partial charge in [-0.3, -0.25) is 0 Å². The molecule has 1 atom stereocenters. The van der Waals surface area contributed by atoms with Gasteiger partial charge in [-0.25, -0.2) is 4.68 Å². The molecule has 0 amide bonds. The van der Waals surface area contributed by atoms with Gasteiger partial charge in [-0.2, -0.15) is 0 Å². The maximum absolute atomic E-state index is 5.07. The van der Waals surface area contributed by atoms with Crippen molar-refractivity contribution in [1.82, 2.24) is 15.0 Å². The molecule has 2 aromatic rings. The molecular weight excluding hydrogens is 216 g/mol. The second-order valence-corrected chi connectivity index (χ2v) is 3.90. The number of rotatable bonds is 5. The van der Waals surface area contributed by atoms with Crippen LogP contribution < -0.4 is 5.32 Å². The minimum atomic E-state index is 0.289. The third-order valence-corrected chi connectivity index (χ3v) is 2.38. The Bertz CT molecular complexity index is 438. The molecule has 0 aliphatic rings. The zero-order chi connectivity index (χ0) is 12.1.